The van der Waals surface area contributed by atoms with Gasteiger partial charge in [-0.15, -0.1) is 0 Å². The fraction of sp³-hybridized carbons (Fsp3) is 0.533. The van der Waals surface area contributed by atoms with Crippen LogP contribution in [0.3, 0.4) is 0 Å². The molecule has 0 unspecified atom stereocenters. The summed E-state index contributed by atoms with van der Waals surface area (Å²) in [5.41, 5.74) is -0.792. The molecule has 0 saturated carbocycles. The van der Waals surface area contributed by atoms with Gasteiger partial charge in [0.25, 0.3) is 5.91 Å². The lowest BCUT2D eigenvalue weighted by Crippen LogP contribution is -2.51. The average Bonchev–Trinajstić information content (AvgIpc) is 2.59. The highest BCUT2D eigenvalue weighted by molar-refractivity contribution is 7.89. The number of piperazine rings is 1. The van der Waals surface area contributed by atoms with Gasteiger partial charge in [0.05, 0.1) is 11.3 Å². The van der Waals surface area contributed by atoms with Crippen LogP contribution in [0.5, 0.6) is 5.75 Å². The molecule has 1 saturated heterocycles. The van der Waals surface area contributed by atoms with Crippen molar-refractivity contribution in [3.63, 3.8) is 0 Å². The Hall–Kier alpha value is -1.81. The molecule has 0 spiro atoms. The minimum absolute atomic E-state index is 0.0119. The molecule has 1 amide bonds. The van der Waals surface area contributed by atoms with Crippen LogP contribution in [0.1, 0.15) is 12.5 Å². The summed E-state index contributed by atoms with van der Waals surface area (Å²) in [5.74, 6) is -0.167. The maximum Gasteiger partial charge on any atom is 0.416 e. The number of amides is 1. The van der Waals surface area contributed by atoms with E-state index in [0.29, 0.717) is 0 Å². The standard InChI is InChI=1S/C15H19F3N2O4S/c1-2-25(22,23)20-9-7-19(8-10-20)14(21)11-24-13-5-3-12(4-6-13)15(16,17)18/h3-6H,2,7-11H2,1H3. The minimum Gasteiger partial charge on any atom is -0.484 e. The molecule has 0 aromatic heterocycles. The predicted octanol–water partition coefficient (Wildman–Crippen LogP) is 1.58. The van der Waals surface area contributed by atoms with Gasteiger partial charge in [0, 0.05) is 26.2 Å². The van der Waals surface area contributed by atoms with Crippen molar-refractivity contribution in [1.82, 2.24) is 9.21 Å². The number of ether oxygens (including phenoxy) is 1. The number of carbonyl (C=O) groups is 1. The van der Waals surface area contributed by atoms with Crippen LogP contribution in [0.15, 0.2) is 24.3 Å². The highest BCUT2D eigenvalue weighted by Crippen LogP contribution is 2.30. The second kappa shape index (κ2) is 7.61. The molecule has 1 heterocycles. The summed E-state index contributed by atoms with van der Waals surface area (Å²) in [4.78, 5) is 13.6. The number of halogens is 3. The third-order valence-corrected chi connectivity index (χ3v) is 5.78. The molecule has 2 rings (SSSR count). The molecule has 6 nitrogen and oxygen atoms in total. The topological polar surface area (TPSA) is 66.9 Å². The van der Waals surface area contributed by atoms with Gasteiger partial charge >= 0.3 is 6.18 Å². The Morgan fingerprint density at radius 2 is 1.68 bits per heavy atom. The summed E-state index contributed by atoms with van der Waals surface area (Å²) in [6.07, 6.45) is -4.42. The number of carbonyl (C=O) groups excluding carboxylic acids is 1. The molecule has 0 N–H and O–H groups in total. The van der Waals surface area contributed by atoms with Gasteiger partial charge in [-0.25, -0.2) is 8.42 Å². The van der Waals surface area contributed by atoms with Gasteiger partial charge in [0.15, 0.2) is 6.61 Å². The van der Waals surface area contributed by atoms with E-state index in [-0.39, 0.29) is 50.2 Å². The number of hydrogen-bond donors (Lipinski definition) is 0. The second-order valence-corrected chi connectivity index (χ2v) is 7.75. The first-order valence-electron chi connectivity index (χ1n) is 7.69. The number of hydrogen-bond acceptors (Lipinski definition) is 4. The Balaban J connectivity index is 1.83. The van der Waals surface area contributed by atoms with Crippen molar-refractivity contribution < 1.29 is 31.1 Å². The zero-order valence-electron chi connectivity index (χ0n) is 13.6. The van der Waals surface area contributed by atoms with Gasteiger partial charge in [-0.2, -0.15) is 17.5 Å². The van der Waals surface area contributed by atoms with Crippen LogP contribution in [0.25, 0.3) is 0 Å². The molecule has 140 valence electrons. The maximum absolute atomic E-state index is 12.5. The van der Waals surface area contributed by atoms with Crippen molar-refractivity contribution in [3.05, 3.63) is 29.8 Å². The lowest BCUT2D eigenvalue weighted by molar-refractivity contribution is -0.138. The van der Waals surface area contributed by atoms with Gasteiger partial charge in [-0.3, -0.25) is 4.79 Å². The Morgan fingerprint density at radius 3 is 2.16 bits per heavy atom. The molecule has 1 aromatic carbocycles. The zero-order valence-corrected chi connectivity index (χ0v) is 14.4. The Kier molecular flexibility index (Phi) is 5.94. The van der Waals surface area contributed by atoms with Gasteiger partial charge < -0.3 is 9.64 Å². The van der Waals surface area contributed by atoms with Gasteiger partial charge in [0.2, 0.25) is 10.0 Å². The van der Waals surface area contributed by atoms with Crippen molar-refractivity contribution in [3.8, 4) is 5.75 Å². The summed E-state index contributed by atoms with van der Waals surface area (Å²) in [6.45, 7) is 2.21. The third kappa shape index (κ3) is 5.08. The third-order valence-electron chi connectivity index (χ3n) is 3.89. The van der Waals surface area contributed by atoms with E-state index in [1.807, 2.05) is 0 Å². The quantitative estimate of drug-likeness (QED) is 0.778. The molecule has 1 fully saturated rings. The molecule has 0 atom stereocenters. The van der Waals surface area contributed by atoms with E-state index in [2.05, 4.69) is 0 Å². The van der Waals surface area contributed by atoms with Crippen LogP contribution in [0.2, 0.25) is 0 Å². The summed E-state index contributed by atoms with van der Waals surface area (Å²) in [7, 11) is -3.27. The van der Waals surface area contributed by atoms with Crippen LogP contribution in [0, 0.1) is 0 Å². The lowest BCUT2D eigenvalue weighted by atomic mass is 10.2. The highest BCUT2D eigenvalue weighted by atomic mass is 32.2. The van der Waals surface area contributed by atoms with E-state index in [4.69, 9.17) is 4.74 Å². The van der Waals surface area contributed by atoms with Gasteiger partial charge in [-0.05, 0) is 31.2 Å². The van der Waals surface area contributed by atoms with Crippen molar-refractivity contribution in [2.24, 2.45) is 0 Å². The summed E-state index contributed by atoms with van der Waals surface area (Å²) < 4.78 is 67.5. The zero-order chi connectivity index (χ0) is 18.7. The van der Waals surface area contributed by atoms with E-state index in [1.54, 1.807) is 6.92 Å². The summed E-state index contributed by atoms with van der Waals surface area (Å²) >= 11 is 0. The van der Waals surface area contributed by atoms with Crippen molar-refractivity contribution in [1.29, 1.82) is 0 Å². The molecule has 25 heavy (non-hydrogen) atoms. The second-order valence-electron chi connectivity index (χ2n) is 5.49. The first kappa shape index (κ1) is 19.5. The van der Waals surface area contributed by atoms with Gasteiger partial charge in [0.1, 0.15) is 5.75 Å². The highest BCUT2D eigenvalue weighted by Gasteiger charge is 2.30. The first-order chi connectivity index (χ1) is 11.6. The number of nitrogens with zero attached hydrogens (tertiary/aromatic N) is 2. The number of sulfonamides is 1. The molecule has 0 aliphatic carbocycles. The van der Waals surface area contributed by atoms with E-state index in [9.17, 15) is 26.4 Å². The van der Waals surface area contributed by atoms with Crippen molar-refractivity contribution >= 4 is 15.9 Å². The SMILES string of the molecule is CCS(=O)(=O)N1CCN(C(=O)COc2ccc(C(F)(F)F)cc2)CC1. The minimum atomic E-state index is -4.42. The van der Waals surface area contributed by atoms with Crippen molar-refractivity contribution in [2.75, 3.05) is 38.5 Å². The monoisotopic (exact) mass is 380 g/mol. The van der Waals surface area contributed by atoms with Crippen LogP contribution >= 0.6 is 0 Å². The number of benzene rings is 1. The summed E-state index contributed by atoms with van der Waals surface area (Å²) in [5, 5.41) is 0. The van der Waals surface area contributed by atoms with E-state index >= 15 is 0 Å². The lowest BCUT2D eigenvalue weighted by Gasteiger charge is -2.33. The van der Waals surface area contributed by atoms with E-state index in [1.165, 1.54) is 9.21 Å². The number of rotatable bonds is 5. The first-order valence-corrected chi connectivity index (χ1v) is 9.30. The van der Waals surface area contributed by atoms with Crippen LogP contribution in [-0.2, 0) is 21.0 Å². The molecule has 0 bridgehead atoms. The molecule has 1 aromatic rings. The predicted molar refractivity (Wildman–Crippen MR) is 84.6 cm³/mol. The largest absolute Gasteiger partial charge is 0.484 e. The average molecular weight is 380 g/mol. The molecule has 0 radical (unpaired) electrons. The van der Waals surface area contributed by atoms with Crippen LogP contribution in [0.4, 0.5) is 13.2 Å². The van der Waals surface area contributed by atoms with Crippen LogP contribution < -0.4 is 4.74 Å². The van der Waals surface area contributed by atoms with E-state index in [0.717, 1.165) is 24.3 Å². The van der Waals surface area contributed by atoms with Gasteiger partial charge in [-0.1, -0.05) is 0 Å². The molecule has 1 aliphatic rings. The normalized spacial score (nSPS) is 16.7. The fourth-order valence-electron chi connectivity index (χ4n) is 2.37. The Labute approximate surface area is 144 Å². The fourth-order valence-corrected chi connectivity index (χ4v) is 3.46. The molecular weight excluding hydrogens is 361 g/mol. The van der Waals surface area contributed by atoms with E-state index < -0.39 is 21.8 Å². The summed E-state index contributed by atoms with van der Waals surface area (Å²) in [6, 6.07) is 4.08. The molecule has 1 aliphatic heterocycles. The molecule has 10 heteroatoms. The smallest absolute Gasteiger partial charge is 0.416 e. The maximum atomic E-state index is 12.5. The van der Waals surface area contributed by atoms with Crippen LogP contribution in [-0.4, -0.2) is 62.1 Å². The Bertz CT molecular complexity index is 696. The molecular formula is C15H19F3N2O4S. The Morgan fingerprint density at radius 1 is 1.12 bits per heavy atom. The number of alkyl halides is 3. The van der Waals surface area contributed by atoms with Crippen molar-refractivity contribution in [2.45, 2.75) is 13.1 Å².